The second-order valence-corrected chi connectivity index (χ2v) is 4.74. The molecule has 6 heteroatoms. The summed E-state index contributed by atoms with van der Waals surface area (Å²) in [5, 5.41) is 13.0. The number of carboxylic acids is 1. The van der Waals surface area contributed by atoms with E-state index in [1.54, 1.807) is 0 Å². The first-order valence-corrected chi connectivity index (χ1v) is 5.92. The van der Waals surface area contributed by atoms with Crippen LogP contribution in [0.1, 0.15) is 38.6 Å². The summed E-state index contributed by atoms with van der Waals surface area (Å²) in [5.74, 6) is 0.0562. The largest absolute Gasteiger partial charge is 0.480 e. The Kier molecular flexibility index (Phi) is 3.42. The van der Waals surface area contributed by atoms with Gasteiger partial charge in [0.25, 0.3) is 0 Å². The van der Waals surface area contributed by atoms with Crippen LogP contribution in [0.5, 0.6) is 0 Å². The van der Waals surface area contributed by atoms with Crippen molar-refractivity contribution in [2.45, 2.75) is 45.3 Å². The molecule has 0 aliphatic heterocycles. The van der Waals surface area contributed by atoms with Crippen molar-refractivity contribution in [1.29, 1.82) is 0 Å². The summed E-state index contributed by atoms with van der Waals surface area (Å²) in [5.41, 5.74) is 0. The molecule has 0 amide bonds. The zero-order chi connectivity index (χ0) is 12.4. The average Bonchev–Trinajstić information content (AvgIpc) is 2.97. The SMILES string of the molecule is CC(C)n1ncnc1CN(CC(=O)O)C1CC1. The van der Waals surface area contributed by atoms with Crippen LogP contribution in [0, 0.1) is 0 Å². The van der Waals surface area contributed by atoms with Crippen molar-refractivity contribution in [3.05, 3.63) is 12.2 Å². The normalized spacial score (nSPS) is 15.8. The first kappa shape index (κ1) is 12.0. The van der Waals surface area contributed by atoms with Crippen molar-refractivity contribution in [3.63, 3.8) is 0 Å². The van der Waals surface area contributed by atoms with Crippen molar-refractivity contribution in [2.24, 2.45) is 0 Å². The molecule has 0 bridgehead atoms. The predicted octanol–water partition coefficient (Wildman–Crippen LogP) is 0.908. The number of carboxylic acid groups (broad SMARTS) is 1. The van der Waals surface area contributed by atoms with Crippen molar-refractivity contribution in [3.8, 4) is 0 Å². The number of hydrogen-bond donors (Lipinski definition) is 1. The van der Waals surface area contributed by atoms with Crippen LogP contribution in [0.25, 0.3) is 0 Å². The molecule has 94 valence electrons. The van der Waals surface area contributed by atoms with E-state index in [9.17, 15) is 4.79 Å². The van der Waals surface area contributed by atoms with Gasteiger partial charge in [0.05, 0.1) is 13.1 Å². The summed E-state index contributed by atoms with van der Waals surface area (Å²) >= 11 is 0. The van der Waals surface area contributed by atoms with Gasteiger partial charge in [-0.1, -0.05) is 0 Å². The zero-order valence-electron chi connectivity index (χ0n) is 10.2. The van der Waals surface area contributed by atoms with E-state index in [1.807, 2.05) is 23.4 Å². The van der Waals surface area contributed by atoms with Gasteiger partial charge in [0.1, 0.15) is 12.2 Å². The van der Waals surface area contributed by atoms with Crippen LogP contribution >= 0.6 is 0 Å². The maximum atomic E-state index is 10.8. The van der Waals surface area contributed by atoms with E-state index in [0.717, 1.165) is 18.7 Å². The zero-order valence-corrected chi connectivity index (χ0v) is 10.2. The molecule has 0 atom stereocenters. The van der Waals surface area contributed by atoms with Crippen LogP contribution in [0.3, 0.4) is 0 Å². The molecule has 0 saturated heterocycles. The molecule has 1 fully saturated rings. The van der Waals surface area contributed by atoms with Crippen LogP contribution in [-0.4, -0.2) is 43.3 Å². The average molecular weight is 238 g/mol. The van der Waals surface area contributed by atoms with Crippen molar-refractivity contribution < 1.29 is 9.90 Å². The third-order valence-corrected chi connectivity index (χ3v) is 2.88. The van der Waals surface area contributed by atoms with E-state index in [2.05, 4.69) is 10.1 Å². The van der Waals surface area contributed by atoms with Crippen LogP contribution in [0.2, 0.25) is 0 Å². The summed E-state index contributed by atoms with van der Waals surface area (Å²) in [7, 11) is 0. The Balaban J connectivity index is 2.06. The molecule has 1 aromatic heterocycles. The van der Waals surface area contributed by atoms with Gasteiger partial charge in [-0.3, -0.25) is 9.69 Å². The monoisotopic (exact) mass is 238 g/mol. The van der Waals surface area contributed by atoms with Gasteiger partial charge in [-0.2, -0.15) is 5.10 Å². The Bertz CT molecular complexity index is 398. The van der Waals surface area contributed by atoms with E-state index in [-0.39, 0.29) is 12.6 Å². The Morgan fingerprint density at radius 1 is 1.65 bits per heavy atom. The topological polar surface area (TPSA) is 71.2 Å². The summed E-state index contributed by atoms with van der Waals surface area (Å²) in [6, 6.07) is 0.654. The van der Waals surface area contributed by atoms with Crippen LogP contribution < -0.4 is 0 Å². The molecule has 0 spiro atoms. The minimum absolute atomic E-state index is 0.0790. The summed E-state index contributed by atoms with van der Waals surface area (Å²) in [4.78, 5) is 17.0. The number of aliphatic carboxylic acids is 1. The van der Waals surface area contributed by atoms with Crippen LogP contribution in [-0.2, 0) is 11.3 Å². The second kappa shape index (κ2) is 4.83. The fraction of sp³-hybridized carbons (Fsp3) is 0.727. The first-order chi connectivity index (χ1) is 8.08. The lowest BCUT2D eigenvalue weighted by atomic mass is 10.3. The second-order valence-electron chi connectivity index (χ2n) is 4.74. The van der Waals surface area contributed by atoms with E-state index >= 15 is 0 Å². The summed E-state index contributed by atoms with van der Waals surface area (Å²) in [6.45, 7) is 4.72. The number of nitrogens with zero attached hydrogens (tertiary/aromatic N) is 4. The molecule has 1 aromatic rings. The van der Waals surface area contributed by atoms with Gasteiger partial charge in [0, 0.05) is 12.1 Å². The molecule has 0 aromatic carbocycles. The fourth-order valence-corrected chi connectivity index (χ4v) is 1.93. The van der Waals surface area contributed by atoms with Gasteiger partial charge in [0.2, 0.25) is 0 Å². The predicted molar refractivity (Wildman–Crippen MR) is 61.5 cm³/mol. The van der Waals surface area contributed by atoms with Crippen molar-refractivity contribution >= 4 is 5.97 Å². The standard InChI is InChI=1S/C11H18N4O2/c1-8(2)15-10(12-7-13-15)5-14(6-11(16)17)9-3-4-9/h7-9H,3-6H2,1-2H3,(H,16,17). The van der Waals surface area contributed by atoms with Gasteiger partial charge in [0.15, 0.2) is 0 Å². The minimum Gasteiger partial charge on any atom is -0.480 e. The van der Waals surface area contributed by atoms with Gasteiger partial charge in [-0.15, -0.1) is 0 Å². The molecular weight excluding hydrogens is 220 g/mol. The van der Waals surface area contributed by atoms with Gasteiger partial charge in [-0.05, 0) is 26.7 Å². The van der Waals surface area contributed by atoms with Crippen molar-refractivity contribution in [2.75, 3.05) is 6.54 Å². The summed E-state index contributed by atoms with van der Waals surface area (Å²) in [6.07, 6.45) is 3.70. The van der Waals surface area contributed by atoms with Gasteiger partial charge >= 0.3 is 5.97 Å². The maximum Gasteiger partial charge on any atom is 0.317 e. The molecule has 1 aliphatic carbocycles. The molecule has 6 nitrogen and oxygen atoms in total. The Labute approximate surface area is 100 Å². The van der Waals surface area contributed by atoms with Crippen LogP contribution in [0.4, 0.5) is 0 Å². The van der Waals surface area contributed by atoms with E-state index < -0.39 is 5.97 Å². The molecular formula is C11H18N4O2. The number of hydrogen-bond acceptors (Lipinski definition) is 4. The lowest BCUT2D eigenvalue weighted by Crippen LogP contribution is -2.32. The maximum absolute atomic E-state index is 10.8. The molecule has 1 saturated carbocycles. The Morgan fingerprint density at radius 3 is 2.88 bits per heavy atom. The smallest absolute Gasteiger partial charge is 0.317 e. The fourth-order valence-electron chi connectivity index (χ4n) is 1.93. The highest BCUT2D eigenvalue weighted by Gasteiger charge is 2.31. The first-order valence-electron chi connectivity index (χ1n) is 5.92. The molecule has 17 heavy (non-hydrogen) atoms. The molecule has 0 unspecified atom stereocenters. The Hall–Kier alpha value is -1.43. The molecule has 0 radical (unpaired) electrons. The van der Waals surface area contributed by atoms with Crippen LogP contribution in [0.15, 0.2) is 6.33 Å². The van der Waals surface area contributed by atoms with Crippen molar-refractivity contribution in [1.82, 2.24) is 19.7 Å². The van der Waals surface area contributed by atoms with Gasteiger partial charge < -0.3 is 5.11 Å². The van der Waals surface area contributed by atoms with E-state index in [0.29, 0.717) is 12.6 Å². The number of rotatable bonds is 6. The third-order valence-electron chi connectivity index (χ3n) is 2.88. The quantitative estimate of drug-likeness (QED) is 0.797. The highest BCUT2D eigenvalue weighted by atomic mass is 16.4. The third kappa shape index (κ3) is 3.03. The number of aromatic nitrogens is 3. The molecule has 1 heterocycles. The molecule has 2 rings (SSSR count). The van der Waals surface area contributed by atoms with E-state index in [1.165, 1.54) is 6.33 Å². The number of carbonyl (C=O) groups is 1. The molecule has 1 N–H and O–H groups in total. The molecule has 1 aliphatic rings. The van der Waals surface area contributed by atoms with Gasteiger partial charge in [-0.25, -0.2) is 9.67 Å². The highest BCUT2D eigenvalue weighted by molar-refractivity contribution is 5.69. The minimum atomic E-state index is -0.785. The highest BCUT2D eigenvalue weighted by Crippen LogP contribution is 2.27. The lowest BCUT2D eigenvalue weighted by molar-refractivity contribution is -0.138. The lowest BCUT2D eigenvalue weighted by Gasteiger charge is -2.20. The summed E-state index contributed by atoms with van der Waals surface area (Å²) < 4.78 is 1.84. The van der Waals surface area contributed by atoms with E-state index in [4.69, 9.17) is 5.11 Å². The Morgan fingerprint density at radius 2 is 2.35 bits per heavy atom.